The van der Waals surface area contributed by atoms with E-state index >= 15 is 0 Å². The van der Waals surface area contributed by atoms with Crippen molar-refractivity contribution in [2.75, 3.05) is 13.7 Å². The molecule has 1 aliphatic heterocycles. The molecule has 0 aliphatic carbocycles. The van der Waals surface area contributed by atoms with Crippen molar-refractivity contribution >= 4 is 40.6 Å². The molecule has 30 heavy (non-hydrogen) atoms. The highest BCUT2D eigenvalue weighted by molar-refractivity contribution is 8.18. The number of benzene rings is 2. The van der Waals surface area contributed by atoms with Gasteiger partial charge in [0, 0.05) is 12.1 Å². The third-order valence-corrected chi connectivity index (χ3v) is 5.35. The summed E-state index contributed by atoms with van der Waals surface area (Å²) in [4.78, 5) is 30.8. The summed E-state index contributed by atoms with van der Waals surface area (Å²) in [5.41, 5.74) is 1.31. The molecule has 1 atom stereocenters. The summed E-state index contributed by atoms with van der Waals surface area (Å²) in [7, 11) is 1.48. The Balaban J connectivity index is 1.99. The number of carboxylic acid groups (broad SMARTS) is 1. The molecule has 2 aromatic carbocycles. The molecule has 1 N–H and O–H groups in total. The summed E-state index contributed by atoms with van der Waals surface area (Å²) in [5, 5.41) is 9.79. The average Bonchev–Trinajstić information content (AvgIpc) is 3.03. The second kappa shape index (κ2) is 9.49. The van der Waals surface area contributed by atoms with Crippen molar-refractivity contribution in [2.24, 2.45) is 4.99 Å². The molecule has 1 heterocycles. The van der Waals surface area contributed by atoms with Crippen molar-refractivity contribution in [2.45, 2.75) is 20.0 Å². The zero-order valence-corrected chi connectivity index (χ0v) is 17.7. The van der Waals surface area contributed by atoms with Crippen LogP contribution >= 0.6 is 11.8 Å². The first-order valence-corrected chi connectivity index (χ1v) is 10.2. The van der Waals surface area contributed by atoms with Gasteiger partial charge in [0.15, 0.2) is 22.8 Å². The van der Waals surface area contributed by atoms with Crippen molar-refractivity contribution in [3.63, 3.8) is 0 Å². The smallest absolute Gasteiger partial charge is 0.344 e. The van der Waals surface area contributed by atoms with Crippen LogP contribution < -0.4 is 9.47 Å². The molecule has 8 heteroatoms. The highest BCUT2D eigenvalue weighted by atomic mass is 32.2. The number of carbonyl (C=O) groups excluding carboxylic acids is 1. The minimum absolute atomic E-state index is 0.169. The number of carbonyl (C=O) groups is 2. The molecule has 3 rings (SSSR count). The molecule has 0 unspecified atom stereocenters. The molecular weight excluding hydrogens is 404 g/mol. The van der Waals surface area contributed by atoms with E-state index in [2.05, 4.69) is 4.99 Å². The molecule has 0 bridgehead atoms. The lowest BCUT2D eigenvalue weighted by Gasteiger charge is -2.16. The Hall–Kier alpha value is -3.26. The van der Waals surface area contributed by atoms with E-state index in [4.69, 9.17) is 9.47 Å². The van der Waals surface area contributed by atoms with Gasteiger partial charge >= 0.3 is 5.97 Å². The number of aliphatic carboxylic acids is 1. The summed E-state index contributed by atoms with van der Waals surface area (Å²) < 4.78 is 10.9. The lowest BCUT2D eigenvalue weighted by Crippen LogP contribution is -2.28. The normalized spacial score (nSPS) is 17.4. The maximum Gasteiger partial charge on any atom is 0.344 e. The number of likely N-dealkylation sites (N-methyl/N-ethyl adjacent to an activating group) is 1. The van der Waals surface area contributed by atoms with Crippen molar-refractivity contribution in [1.29, 1.82) is 0 Å². The van der Waals surface area contributed by atoms with Crippen molar-refractivity contribution in [1.82, 2.24) is 4.90 Å². The first kappa shape index (κ1) is 21.4. The topological polar surface area (TPSA) is 88.4 Å². The second-order valence-corrected chi connectivity index (χ2v) is 7.38. The number of rotatable bonds is 7. The van der Waals surface area contributed by atoms with E-state index in [9.17, 15) is 14.7 Å². The van der Waals surface area contributed by atoms with Gasteiger partial charge in [-0.3, -0.25) is 9.69 Å². The van der Waals surface area contributed by atoms with Gasteiger partial charge in [-0.05, 0) is 49.9 Å². The fourth-order valence-electron chi connectivity index (χ4n) is 2.78. The highest BCUT2D eigenvalue weighted by Gasteiger charge is 2.32. The van der Waals surface area contributed by atoms with Crippen molar-refractivity contribution < 1.29 is 24.2 Å². The Bertz CT molecular complexity index is 1000. The Kier molecular flexibility index (Phi) is 6.79. The standard InChI is InChI=1S/C22H22N2O5S/c1-4-24-20(25)18(30-22(24)23-16-10-6-5-7-11-16)13-15-9-8-12-17(28-3)19(15)29-14(2)21(26)27/h5-14H,4H2,1-3H3,(H,26,27)/b18-13-,23-22?/t14-/m0/s1. The highest BCUT2D eigenvalue weighted by Crippen LogP contribution is 2.38. The van der Waals surface area contributed by atoms with E-state index in [0.717, 1.165) is 5.69 Å². The first-order valence-electron chi connectivity index (χ1n) is 9.36. The third-order valence-electron chi connectivity index (χ3n) is 4.34. The summed E-state index contributed by atoms with van der Waals surface area (Å²) in [6.45, 7) is 3.80. The van der Waals surface area contributed by atoms with Crippen LogP contribution in [0.2, 0.25) is 0 Å². The van der Waals surface area contributed by atoms with Gasteiger partial charge in [-0.25, -0.2) is 9.79 Å². The number of para-hydroxylation sites is 2. The molecule has 0 spiro atoms. The fraction of sp³-hybridized carbons (Fsp3) is 0.227. The number of amides is 1. The number of carboxylic acids is 1. The average molecular weight is 426 g/mol. The Labute approximate surface area is 179 Å². The second-order valence-electron chi connectivity index (χ2n) is 6.37. The molecule has 1 aliphatic rings. The Morgan fingerprint density at radius 1 is 1.23 bits per heavy atom. The Morgan fingerprint density at radius 2 is 1.97 bits per heavy atom. The molecule has 0 radical (unpaired) electrons. The molecule has 1 amide bonds. The Morgan fingerprint density at radius 3 is 2.60 bits per heavy atom. The number of amidine groups is 1. The predicted octanol–water partition coefficient (Wildman–Crippen LogP) is 4.17. The van der Waals surface area contributed by atoms with Crippen LogP contribution in [0.15, 0.2) is 58.4 Å². The largest absolute Gasteiger partial charge is 0.493 e. The molecule has 1 saturated heterocycles. The third kappa shape index (κ3) is 4.65. The van der Waals surface area contributed by atoms with Crippen molar-refractivity contribution in [3.8, 4) is 11.5 Å². The number of aliphatic imine (C=N–C) groups is 1. The van der Waals surface area contributed by atoms with Gasteiger partial charge in [0.1, 0.15) is 0 Å². The van der Waals surface area contributed by atoms with Gasteiger partial charge in [0.05, 0.1) is 17.7 Å². The van der Waals surface area contributed by atoms with E-state index < -0.39 is 12.1 Å². The molecule has 156 valence electrons. The number of hydrogen-bond donors (Lipinski definition) is 1. The number of hydrogen-bond acceptors (Lipinski definition) is 6. The molecule has 2 aromatic rings. The van der Waals surface area contributed by atoms with Crippen LogP contribution in [-0.4, -0.2) is 46.8 Å². The van der Waals surface area contributed by atoms with Crippen LogP contribution in [0.3, 0.4) is 0 Å². The molecule has 1 fully saturated rings. The van der Waals surface area contributed by atoms with Crippen LogP contribution in [0.1, 0.15) is 19.4 Å². The SMILES string of the molecule is CCN1C(=O)/C(=C/c2cccc(OC)c2O[C@@H](C)C(=O)O)SC1=Nc1ccccc1. The summed E-state index contributed by atoms with van der Waals surface area (Å²) in [5.74, 6) is -0.608. The maximum absolute atomic E-state index is 12.9. The predicted molar refractivity (Wildman–Crippen MR) is 117 cm³/mol. The van der Waals surface area contributed by atoms with Crippen LogP contribution in [0.4, 0.5) is 5.69 Å². The van der Waals surface area contributed by atoms with Crippen LogP contribution in [0, 0.1) is 0 Å². The zero-order chi connectivity index (χ0) is 21.7. The van der Waals surface area contributed by atoms with E-state index in [1.54, 1.807) is 29.2 Å². The summed E-state index contributed by atoms with van der Waals surface area (Å²) in [6, 6.07) is 14.6. The van der Waals surface area contributed by atoms with Gasteiger partial charge in [-0.1, -0.05) is 30.3 Å². The van der Waals surface area contributed by atoms with Gasteiger partial charge in [0.2, 0.25) is 0 Å². The zero-order valence-electron chi connectivity index (χ0n) is 16.9. The molecular formula is C22H22N2O5S. The minimum Gasteiger partial charge on any atom is -0.493 e. The maximum atomic E-state index is 12.9. The van der Waals surface area contributed by atoms with Crippen LogP contribution in [0.25, 0.3) is 6.08 Å². The van der Waals surface area contributed by atoms with Gasteiger partial charge in [-0.2, -0.15) is 0 Å². The lowest BCUT2D eigenvalue weighted by molar-refractivity contribution is -0.144. The van der Waals surface area contributed by atoms with Gasteiger partial charge in [-0.15, -0.1) is 0 Å². The minimum atomic E-state index is -1.10. The number of thioether (sulfide) groups is 1. The number of ether oxygens (including phenoxy) is 2. The quantitative estimate of drug-likeness (QED) is 0.669. The van der Waals surface area contributed by atoms with E-state index in [0.29, 0.717) is 27.9 Å². The monoisotopic (exact) mass is 426 g/mol. The number of nitrogens with zero attached hydrogens (tertiary/aromatic N) is 2. The number of methoxy groups -OCH3 is 1. The fourth-order valence-corrected chi connectivity index (χ4v) is 3.84. The molecule has 0 aromatic heterocycles. The molecule has 7 nitrogen and oxygen atoms in total. The summed E-state index contributed by atoms with van der Waals surface area (Å²) in [6.07, 6.45) is 0.600. The van der Waals surface area contributed by atoms with Crippen LogP contribution in [-0.2, 0) is 9.59 Å². The van der Waals surface area contributed by atoms with Crippen LogP contribution in [0.5, 0.6) is 11.5 Å². The lowest BCUT2D eigenvalue weighted by atomic mass is 10.1. The van der Waals surface area contributed by atoms with E-state index in [1.165, 1.54) is 25.8 Å². The van der Waals surface area contributed by atoms with Crippen molar-refractivity contribution in [3.05, 3.63) is 59.0 Å². The van der Waals surface area contributed by atoms with E-state index in [-0.39, 0.29) is 11.7 Å². The molecule has 0 saturated carbocycles. The van der Waals surface area contributed by atoms with Gasteiger partial charge < -0.3 is 14.6 Å². The van der Waals surface area contributed by atoms with Gasteiger partial charge in [0.25, 0.3) is 5.91 Å². The first-order chi connectivity index (χ1) is 14.4. The van der Waals surface area contributed by atoms with E-state index in [1.807, 2.05) is 37.3 Å². The summed E-state index contributed by atoms with van der Waals surface area (Å²) >= 11 is 1.26.